The van der Waals surface area contributed by atoms with Gasteiger partial charge in [-0.25, -0.2) is 0 Å². The highest BCUT2D eigenvalue weighted by Crippen LogP contribution is 2.28. The number of likely N-dealkylation sites (tertiary alicyclic amines) is 1. The Kier molecular flexibility index (Phi) is 5.25. The van der Waals surface area contributed by atoms with Crippen molar-refractivity contribution in [2.24, 2.45) is 5.92 Å². The second-order valence-electron chi connectivity index (χ2n) is 6.19. The molecule has 1 N–H and O–H groups in total. The van der Waals surface area contributed by atoms with E-state index >= 15 is 0 Å². The van der Waals surface area contributed by atoms with Gasteiger partial charge in [-0.3, -0.25) is 0 Å². The van der Waals surface area contributed by atoms with Crippen LogP contribution in [0.1, 0.15) is 19.8 Å². The second-order valence-corrected chi connectivity index (χ2v) is 6.19. The van der Waals surface area contributed by atoms with E-state index in [0.29, 0.717) is 18.2 Å². The summed E-state index contributed by atoms with van der Waals surface area (Å²) >= 11 is 0. The molecule has 23 heavy (non-hydrogen) atoms. The monoisotopic (exact) mass is 317 g/mol. The minimum absolute atomic E-state index is 0.247. The van der Waals surface area contributed by atoms with E-state index in [1.807, 2.05) is 24.3 Å². The van der Waals surface area contributed by atoms with Gasteiger partial charge in [-0.2, -0.15) is 0 Å². The van der Waals surface area contributed by atoms with Crippen LogP contribution in [0.5, 0.6) is 5.75 Å². The van der Waals surface area contributed by atoms with Crippen LogP contribution in [-0.4, -0.2) is 52.5 Å². The molecule has 1 aromatic carbocycles. The Morgan fingerprint density at radius 2 is 2.13 bits per heavy atom. The second kappa shape index (κ2) is 7.57. The normalized spacial score (nSPS) is 18.0. The summed E-state index contributed by atoms with van der Waals surface area (Å²) in [7, 11) is 0. The molecule has 0 radical (unpaired) electrons. The average Bonchev–Trinajstić information content (AvgIpc) is 3.10. The van der Waals surface area contributed by atoms with Crippen LogP contribution >= 0.6 is 0 Å². The lowest BCUT2D eigenvalue weighted by atomic mass is 9.99. The van der Waals surface area contributed by atoms with Crippen LogP contribution in [0.4, 0.5) is 0 Å². The first-order chi connectivity index (χ1) is 11.2. The van der Waals surface area contributed by atoms with Crippen molar-refractivity contribution in [3.8, 4) is 17.2 Å². The summed E-state index contributed by atoms with van der Waals surface area (Å²) in [5, 5.41) is 17.8. The van der Waals surface area contributed by atoms with Gasteiger partial charge < -0.3 is 19.2 Å². The molecule has 0 amide bonds. The maximum absolute atomic E-state index is 10.2. The summed E-state index contributed by atoms with van der Waals surface area (Å²) in [6.45, 7) is 5.28. The molecule has 0 aliphatic carbocycles. The minimum atomic E-state index is -0.515. The average molecular weight is 317 g/mol. The van der Waals surface area contributed by atoms with E-state index < -0.39 is 6.10 Å². The molecule has 0 saturated carbocycles. The molecule has 0 bridgehead atoms. The van der Waals surface area contributed by atoms with Gasteiger partial charge in [0, 0.05) is 6.54 Å². The molecule has 1 atom stereocenters. The van der Waals surface area contributed by atoms with Gasteiger partial charge >= 0.3 is 0 Å². The first kappa shape index (κ1) is 16.0. The molecule has 0 spiro atoms. The highest BCUT2D eigenvalue weighted by molar-refractivity contribution is 5.61. The zero-order chi connectivity index (χ0) is 16.1. The highest BCUT2D eigenvalue weighted by Gasteiger charge is 2.19. The number of aliphatic hydroxyl groups excluding tert-OH is 1. The van der Waals surface area contributed by atoms with Crippen molar-refractivity contribution in [2.75, 3.05) is 26.2 Å². The number of aliphatic hydroxyl groups is 1. The maximum Gasteiger partial charge on any atom is 0.251 e. The molecule has 124 valence electrons. The lowest BCUT2D eigenvalue weighted by Crippen LogP contribution is -2.40. The number of β-amino-alcohol motifs (C(OH)–C–C–N with tert-alkyl or cyclic N) is 1. The van der Waals surface area contributed by atoms with Crippen LogP contribution in [0.15, 0.2) is 35.1 Å². The topological polar surface area (TPSA) is 71.6 Å². The van der Waals surface area contributed by atoms with Crippen LogP contribution in [0.25, 0.3) is 11.5 Å². The van der Waals surface area contributed by atoms with Crippen molar-refractivity contribution < 1.29 is 14.3 Å². The van der Waals surface area contributed by atoms with Crippen molar-refractivity contribution in [1.29, 1.82) is 0 Å². The van der Waals surface area contributed by atoms with E-state index in [9.17, 15) is 5.11 Å². The van der Waals surface area contributed by atoms with Crippen LogP contribution in [0.2, 0.25) is 0 Å². The van der Waals surface area contributed by atoms with Crippen molar-refractivity contribution in [2.45, 2.75) is 25.9 Å². The molecule has 1 aromatic heterocycles. The number of benzene rings is 1. The van der Waals surface area contributed by atoms with Gasteiger partial charge in [0.25, 0.3) is 5.89 Å². The number of aromatic nitrogens is 2. The number of para-hydroxylation sites is 1. The summed E-state index contributed by atoms with van der Waals surface area (Å²) in [4.78, 5) is 2.30. The summed E-state index contributed by atoms with van der Waals surface area (Å²) < 4.78 is 11.0. The molecule has 1 aliphatic heterocycles. The smallest absolute Gasteiger partial charge is 0.251 e. The number of nitrogens with zero attached hydrogens (tertiary/aromatic N) is 3. The first-order valence-electron chi connectivity index (χ1n) is 8.11. The van der Waals surface area contributed by atoms with Gasteiger partial charge in [0.05, 0.1) is 5.56 Å². The largest absolute Gasteiger partial charge is 0.490 e. The fourth-order valence-electron chi connectivity index (χ4n) is 2.84. The van der Waals surface area contributed by atoms with Gasteiger partial charge in [-0.15, -0.1) is 10.2 Å². The van der Waals surface area contributed by atoms with Gasteiger partial charge in [0.2, 0.25) is 6.39 Å². The Balaban J connectivity index is 1.54. The molecular weight excluding hydrogens is 294 g/mol. The summed E-state index contributed by atoms with van der Waals surface area (Å²) in [5.41, 5.74) is 0.740. The number of hydrogen-bond donors (Lipinski definition) is 1. The summed E-state index contributed by atoms with van der Waals surface area (Å²) in [5.74, 6) is 1.85. The molecule has 1 unspecified atom stereocenters. The Bertz CT molecular complexity index is 595. The van der Waals surface area contributed by atoms with E-state index in [1.165, 1.54) is 19.2 Å². The lowest BCUT2D eigenvalue weighted by molar-refractivity contribution is 0.0564. The quantitative estimate of drug-likeness (QED) is 0.881. The lowest BCUT2D eigenvalue weighted by Gasteiger charge is -2.31. The predicted molar refractivity (Wildman–Crippen MR) is 86.1 cm³/mol. The summed E-state index contributed by atoms with van der Waals surface area (Å²) in [6, 6.07) is 7.47. The third-order valence-electron chi connectivity index (χ3n) is 4.25. The first-order valence-corrected chi connectivity index (χ1v) is 8.11. The molecule has 6 heteroatoms. The Labute approximate surface area is 136 Å². The number of ether oxygens (including phenoxy) is 1. The van der Waals surface area contributed by atoms with Crippen molar-refractivity contribution in [1.82, 2.24) is 15.1 Å². The van der Waals surface area contributed by atoms with E-state index in [1.54, 1.807) is 0 Å². The Morgan fingerprint density at radius 1 is 1.35 bits per heavy atom. The molecule has 2 heterocycles. The Morgan fingerprint density at radius 3 is 2.87 bits per heavy atom. The summed E-state index contributed by atoms with van der Waals surface area (Å²) in [6.07, 6.45) is 3.18. The molecule has 1 fully saturated rings. The third-order valence-corrected chi connectivity index (χ3v) is 4.25. The van der Waals surface area contributed by atoms with E-state index in [4.69, 9.17) is 9.15 Å². The fourth-order valence-corrected chi connectivity index (χ4v) is 2.84. The third kappa shape index (κ3) is 4.30. The molecule has 1 aliphatic rings. The Hall–Kier alpha value is -1.92. The minimum Gasteiger partial charge on any atom is -0.490 e. The SMILES string of the molecule is CC1CCN(CC(O)COc2ccccc2-c2nnco2)CC1. The van der Waals surface area contributed by atoms with Gasteiger partial charge in [-0.1, -0.05) is 19.1 Å². The van der Waals surface area contributed by atoms with E-state index in [-0.39, 0.29) is 6.61 Å². The molecule has 1 saturated heterocycles. The van der Waals surface area contributed by atoms with E-state index in [2.05, 4.69) is 22.0 Å². The van der Waals surface area contributed by atoms with E-state index in [0.717, 1.165) is 24.6 Å². The van der Waals surface area contributed by atoms with Crippen molar-refractivity contribution in [3.05, 3.63) is 30.7 Å². The van der Waals surface area contributed by atoms with Gasteiger partial charge in [0.15, 0.2) is 0 Å². The van der Waals surface area contributed by atoms with Crippen LogP contribution in [-0.2, 0) is 0 Å². The molecule has 6 nitrogen and oxygen atoms in total. The fraction of sp³-hybridized carbons (Fsp3) is 0.529. The zero-order valence-electron chi connectivity index (χ0n) is 13.4. The molecule has 2 aromatic rings. The zero-order valence-corrected chi connectivity index (χ0v) is 13.4. The predicted octanol–water partition coefficient (Wildman–Crippen LogP) is 2.21. The van der Waals surface area contributed by atoms with Gasteiger partial charge in [0.1, 0.15) is 18.5 Å². The number of hydrogen-bond acceptors (Lipinski definition) is 6. The van der Waals surface area contributed by atoms with Crippen molar-refractivity contribution >= 4 is 0 Å². The van der Waals surface area contributed by atoms with Gasteiger partial charge in [-0.05, 0) is 44.0 Å². The number of rotatable bonds is 6. The van der Waals surface area contributed by atoms with Crippen LogP contribution in [0.3, 0.4) is 0 Å². The standard InChI is InChI=1S/C17H23N3O3/c1-13-6-8-20(9-7-13)10-14(21)11-22-16-5-3-2-4-15(16)17-19-18-12-23-17/h2-5,12-14,21H,6-11H2,1H3. The number of piperidine rings is 1. The molecule has 3 rings (SSSR count). The maximum atomic E-state index is 10.2. The van der Waals surface area contributed by atoms with Crippen molar-refractivity contribution in [3.63, 3.8) is 0 Å². The molecular formula is C17H23N3O3. The van der Waals surface area contributed by atoms with Crippen LogP contribution < -0.4 is 4.74 Å². The highest BCUT2D eigenvalue weighted by atomic mass is 16.5. The van der Waals surface area contributed by atoms with Crippen LogP contribution in [0, 0.1) is 5.92 Å².